The van der Waals surface area contributed by atoms with Gasteiger partial charge in [0, 0.05) is 29.4 Å². The van der Waals surface area contributed by atoms with E-state index in [1.807, 2.05) is 30.2 Å². The van der Waals surface area contributed by atoms with Gasteiger partial charge in [0.25, 0.3) is 0 Å². The van der Waals surface area contributed by atoms with Gasteiger partial charge in [0.1, 0.15) is 0 Å². The summed E-state index contributed by atoms with van der Waals surface area (Å²) in [5.41, 5.74) is 1.83. The number of nitrogens with zero attached hydrogens (tertiary/aromatic N) is 3. The van der Waals surface area contributed by atoms with Crippen LogP contribution in [-0.4, -0.2) is 60.9 Å². The first-order valence-electron chi connectivity index (χ1n) is 7.53. The van der Waals surface area contributed by atoms with Gasteiger partial charge >= 0.3 is 0 Å². The second-order valence-corrected chi connectivity index (χ2v) is 6.35. The molecule has 4 atom stereocenters. The maximum Gasteiger partial charge on any atom is 0.0991 e. The van der Waals surface area contributed by atoms with E-state index in [-0.39, 0.29) is 12.6 Å². The minimum Gasteiger partial charge on any atom is -0.395 e. The van der Waals surface area contributed by atoms with Crippen LogP contribution in [0.25, 0.3) is 5.69 Å². The molecule has 23 heavy (non-hydrogen) atoms. The molecular formula is C16H20ClN3O3. The van der Waals surface area contributed by atoms with Gasteiger partial charge in [-0.1, -0.05) is 11.6 Å². The number of hydrogen-bond acceptors (Lipinski definition) is 5. The molecule has 0 unspecified atom stereocenters. The van der Waals surface area contributed by atoms with Crippen LogP contribution in [0.4, 0.5) is 0 Å². The minimum absolute atomic E-state index is 0.201. The van der Waals surface area contributed by atoms with Crippen molar-refractivity contribution in [2.24, 2.45) is 0 Å². The van der Waals surface area contributed by atoms with Crippen LogP contribution in [0.3, 0.4) is 0 Å². The normalized spacial score (nSPS) is 28.4. The molecule has 124 valence electrons. The fraction of sp³-hybridized carbons (Fsp3) is 0.438. The summed E-state index contributed by atoms with van der Waals surface area (Å²) in [7, 11) is 0. The zero-order chi connectivity index (χ0) is 16.6. The van der Waals surface area contributed by atoms with E-state index in [9.17, 15) is 15.3 Å². The van der Waals surface area contributed by atoms with Gasteiger partial charge in [0.05, 0.1) is 36.7 Å². The van der Waals surface area contributed by atoms with Gasteiger partial charge in [-0.15, -0.1) is 0 Å². The van der Waals surface area contributed by atoms with Crippen molar-refractivity contribution in [3.8, 4) is 5.69 Å². The standard InChI is InChI=1S/C16H20ClN3O3/c1-10-15(22)16(23)14(9-21)19(10)7-11-6-18-20(8-11)13-4-2-12(17)3-5-13/h2-6,8,10,14-16,21-23H,7,9H2,1H3/t10-,14+,15-,16+/m0/s1. The van der Waals surface area contributed by atoms with Crippen LogP contribution in [0.5, 0.6) is 0 Å². The topological polar surface area (TPSA) is 81.8 Å². The summed E-state index contributed by atoms with van der Waals surface area (Å²) >= 11 is 5.89. The summed E-state index contributed by atoms with van der Waals surface area (Å²) in [6.45, 7) is 2.13. The molecule has 0 aliphatic carbocycles. The van der Waals surface area contributed by atoms with Crippen molar-refractivity contribution in [3.05, 3.63) is 47.2 Å². The molecule has 1 fully saturated rings. The average Bonchev–Trinajstić information content (AvgIpc) is 3.09. The molecule has 1 saturated heterocycles. The van der Waals surface area contributed by atoms with Gasteiger partial charge in [-0.3, -0.25) is 4.90 Å². The number of likely N-dealkylation sites (tertiary alicyclic amines) is 1. The van der Waals surface area contributed by atoms with E-state index in [1.165, 1.54) is 0 Å². The Morgan fingerprint density at radius 2 is 1.87 bits per heavy atom. The zero-order valence-corrected chi connectivity index (χ0v) is 13.5. The Balaban J connectivity index is 1.77. The molecular weight excluding hydrogens is 318 g/mol. The molecule has 3 N–H and O–H groups in total. The van der Waals surface area contributed by atoms with Crippen LogP contribution in [0.15, 0.2) is 36.7 Å². The Kier molecular flexibility index (Phi) is 4.70. The molecule has 1 aromatic heterocycles. The predicted molar refractivity (Wildman–Crippen MR) is 86.5 cm³/mol. The van der Waals surface area contributed by atoms with E-state index in [2.05, 4.69) is 5.10 Å². The van der Waals surface area contributed by atoms with E-state index in [1.54, 1.807) is 23.0 Å². The van der Waals surface area contributed by atoms with Crippen LogP contribution in [0, 0.1) is 0 Å². The molecule has 1 aliphatic heterocycles. The highest BCUT2D eigenvalue weighted by molar-refractivity contribution is 6.30. The second-order valence-electron chi connectivity index (χ2n) is 5.91. The highest BCUT2D eigenvalue weighted by atomic mass is 35.5. The Labute approximate surface area is 139 Å². The van der Waals surface area contributed by atoms with Crippen molar-refractivity contribution in [2.45, 2.75) is 37.8 Å². The average molecular weight is 338 g/mol. The number of rotatable bonds is 4. The molecule has 1 aromatic carbocycles. The number of aliphatic hydroxyl groups is 3. The van der Waals surface area contributed by atoms with Crippen molar-refractivity contribution in [1.82, 2.24) is 14.7 Å². The third-order valence-electron chi connectivity index (χ3n) is 4.47. The number of halogens is 1. The first kappa shape index (κ1) is 16.4. The monoisotopic (exact) mass is 337 g/mol. The van der Waals surface area contributed by atoms with E-state index >= 15 is 0 Å². The minimum atomic E-state index is -0.943. The van der Waals surface area contributed by atoms with Gasteiger partial charge in [0.2, 0.25) is 0 Å². The quantitative estimate of drug-likeness (QED) is 0.769. The molecule has 0 amide bonds. The summed E-state index contributed by atoms with van der Waals surface area (Å²) in [6.07, 6.45) is 1.83. The molecule has 3 rings (SSSR count). The summed E-state index contributed by atoms with van der Waals surface area (Å²) < 4.78 is 1.74. The van der Waals surface area contributed by atoms with Crippen LogP contribution >= 0.6 is 11.6 Å². The third-order valence-corrected chi connectivity index (χ3v) is 4.72. The van der Waals surface area contributed by atoms with Crippen LogP contribution in [-0.2, 0) is 6.54 Å². The maximum atomic E-state index is 10.0. The van der Waals surface area contributed by atoms with E-state index in [4.69, 9.17) is 11.6 Å². The lowest BCUT2D eigenvalue weighted by Crippen LogP contribution is -2.39. The number of aliphatic hydroxyl groups excluding tert-OH is 3. The summed E-state index contributed by atoms with van der Waals surface area (Å²) in [4.78, 5) is 1.90. The van der Waals surface area contributed by atoms with E-state index in [0.29, 0.717) is 11.6 Å². The van der Waals surface area contributed by atoms with Crippen LogP contribution < -0.4 is 0 Å². The zero-order valence-electron chi connectivity index (χ0n) is 12.7. The molecule has 7 heteroatoms. The largest absolute Gasteiger partial charge is 0.395 e. The molecule has 6 nitrogen and oxygen atoms in total. The first-order chi connectivity index (χ1) is 11.0. The van der Waals surface area contributed by atoms with Crippen molar-refractivity contribution >= 4 is 11.6 Å². The smallest absolute Gasteiger partial charge is 0.0991 e. The predicted octanol–water partition coefficient (Wildman–Crippen LogP) is 0.813. The summed E-state index contributed by atoms with van der Waals surface area (Å²) in [6, 6.07) is 6.65. The van der Waals surface area contributed by atoms with Gasteiger partial charge in [-0.25, -0.2) is 4.68 Å². The fourth-order valence-electron chi connectivity index (χ4n) is 3.07. The summed E-state index contributed by atoms with van der Waals surface area (Å²) in [5.74, 6) is 0. The fourth-order valence-corrected chi connectivity index (χ4v) is 3.20. The van der Waals surface area contributed by atoms with Gasteiger partial charge in [-0.2, -0.15) is 5.10 Å². The molecule has 2 aromatic rings. The molecule has 0 radical (unpaired) electrons. The molecule has 1 aliphatic rings. The van der Waals surface area contributed by atoms with Gasteiger partial charge in [0.15, 0.2) is 0 Å². The first-order valence-corrected chi connectivity index (χ1v) is 7.91. The summed E-state index contributed by atoms with van der Waals surface area (Å²) in [5, 5.41) is 34.5. The number of benzene rings is 1. The Hall–Kier alpha value is -1.44. The van der Waals surface area contributed by atoms with Crippen molar-refractivity contribution in [3.63, 3.8) is 0 Å². The van der Waals surface area contributed by atoms with Crippen LogP contribution in [0.2, 0.25) is 5.02 Å². The number of aromatic nitrogens is 2. The van der Waals surface area contributed by atoms with Crippen molar-refractivity contribution < 1.29 is 15.3 Å². The maximum absolute atomic E-state index is 10.0. The van der Waals surface area contributed by atoms with Crippen molar-refractivity contribution in [1.29, 1.82) is 0 Å². The lowest BCUT2D eigenvalue weighted by atomic mass is 10.1. The highest BCUT2D eigenvalue weighted by Crippen LogP contribution is 2.27. The Morgan fingerprint density at radius 3 is 2.52 bits per heavy atom. The molecule has 0 saturated carbocycles. The van der Waals surface area contributed by atoms with E-state index in [0.717, 1.165) is 11.3 Å². The van der Waals surface area contributed by atoms with E-state index < -0.39 is 18.2 Å². The highest BCUT2D eigenvalue weighted by Gasteiger charge is 2.44. The Morgan fingerprint density at radius 1 is 1.17 bits per heavy atom. The van der Waals surface area contributed by atoms with Crippen molar-refractivity contribution in [2.75, 3.05) is 6.61 Å². The van der Waals surface area contributed by atoms with Gasteiger partial charge in [-0.05, 0) is 31.2 Å². The van der Waals surface area contributed by atoms with Crippen LogP contribution in [0.1, 0.15) is 12.5 Å². The number of hydrogen-bond donors (Lipinski definition) is 3. The molecule has 0 spiro atoms. The lowest BCUT2D eigenvalue weighted by Gasteiger charge is -2.26. The second kappa shape index (κ2) is 6.59. The SMILES string of the molecule is C[C@H]1[C@H](O)[C@H](O)[C@@H](CO)N1Cc1cnn(-c2ccc(Cl)cc2)c1. The lowest BCUT2D eigenvalue weighted by molar-refractivity contribution is 0.0186. The third kappa shape index (κ3) is 3.13. The molecule has 0 bridgehead atoms. The van der Waals surface area contributed by atoms with Gasteiger partial charge < -0.3 is 15.3 Å². The Bertz CT molecular complexity index is 661. The molecule has 2 heterocycles.